The Labute approximate surface area is 137 Å². The predicted octanol–water partition coefficient (Wildman–Crippen LogP) is 5.50. The molecule has 3 nitrogen and oxygen atoms in total. The quantitative estimate of drug-likeness (QED) is 0.570. The van der Waals surface area contributed by atoms with E-state index in [0.717, 1.165) is 33.5 Å². The van der Waals surface area contributed by atoms with Crippen LogP contribution in [0.15, 0.2) is 45.5 Å². The molecule has 0 saturated carbocycles. The third kappa shape index (κ3) is 2.87. The number of furan rings is 1. The van der Waals surface area contributed by atoms with Gasteiger partial charge in [0.15, 0.2) is 0 Å². The third-order valence-electron chi connectivity index (χ3n) is 3.55. The van der Waals surface area contributed by atoms with Gasteiger partial charge in [-0.1, -0.05) is 15.9 Å². The van der Waals surface area contributed by atoms with E-state index in [4.69, 9.17) is 16.0 Å². The Morgan fingerprint density at radius 2 is 2.14 bits per heavy atom. The normalized spacial score (nSPS) is 14.5. The number of rotatable bonds is 4. The standard InChI is InChI=1S/C16H16BrClN2O/c1-10(8-13-4-3-7-21-13)20-15-9-12(17)5-6-14(15)19-16(20)11(2)18/h3-7,9-11H,8H2,1-2H3. The first-order chi connectivity index (χ1) is 10.1. The summed E-state index contributed by atoms with van der Waals surface area (Å²) in [5.74, 6) is 1.86. The first-order valence-electron chi connectivity index (χ1n) is 6.90. The van der Waals surface area contributed by atoms with Crippen LogP contribution in [0, 0.1) is 0 Å². The minimum atomic E-state index is -0.143. The topological polar surface area (TPSA) is 31.0 Å². The number of nitrogens with zero attached hydrogens (tertiary/aromatic N) is 2. The lowest BCUT2D eigenvalue weighted by Crippen LogP contribution is -2.12. The largest absolute Gasteiger partial charge is 0.469 e. The zero-order valence-corrected chi connectivity index (χ0v) is 14.2. The van der Waals surface area contributed by atoms with Crippen LogP contribution in [0.2, 0.25) is 0 Å². The molecule has 2 unspecified atom stereocenters. The summed E-state index contributed by atoms with van der Waals surface area (Å²) in [5, 5.41) is -0.143. The van der Waals surface area contributed by atoms with Gasteiger partial charge in [0.2, 0.25) is 0 Å². The summed E-state index contributed by atoms with van der Waals surface area (Å²) in [6.07, 6.45) is 2.51. The second kappa shape index (κ2) is 5.85. The fraction of sp³-hybridized carbons (Fsp3) is 0.312. The summed E-state index contributed by atoms with van der Waals surface area (Å²) in [5.41, 5.74) is 2.05. The maximum absolute atomic E-state index is 6.33. The van der Waals surface area contributed by atoms with E-state index >= 15 is 0 Å². The highest BCUT2D eigenvalue weighted by atomic mass is 79.9. The van der Waals surface area contributed by atoms with E-state index in [-0.39, 0.29) is 11.4 Å². The zero-order valence-electron chi connectivity index (χ0n) is 11.9. The molecule has 3 aromatic rings. The zero-order chi connectivity index (χ0) is 15.0. The van der Waals surface area contributed by atoms with Crippen molar-refractivity contribution in [2.75, 3.05) is 0 Å². The maximum atomic E-state index is 6.33. The molecule has 2 aromatic heterocycles. The molecule has 0 N–H and O–H groups in total. The number of aromatic nitrogens is 2. The molecule has 0 saturated heterocycles. The van der Waals surface area contributed by atoms with Crippen LogP contribution in [0.1, 0.15) is 36.9 Å². The third-order valence-corrected chi connectivity index (χ3v) is 4.24. The van der Waals surface area contributed by atoms with Crippen molar-refractivity contribution in [1.82, 2.24) is 9.55 Å². The van der Waals surface area contributed by atoms with Crippen molar-refractivity contribution in [3.63, 3.8) is 0 Å². The van der Waals surface area contributed by atoms with E-state index in [2.05, 4.69) is 38.5 Å². The van der Waals surface area contributed by atoms with Gasteiger partial charge in [0, 0.05) is 16.9 Å². The van der Waals surface area contributed by atoms with Crippen molar-refractivity contribution in [3.8, 4) is 0 Å². The molecule has 21 heavy (non-hydrogen) atoms. The van der Waals surface area contributed by atoms with Gasteiger partial charge in [0.25, 0.3) is 0 Å². The number of imidazole rings is 1. The molecule has 0 fully saturated rings. The smallest absolute Gasteiger partial charge is 0.127 e. The van der Waals surface area contributed by atoms with Gasteiger partial charge in [0.1, 0.15) is 11.6 Å². The van der Waals surface area contributed by atoms with Crippen molar-refractivity contribution in [1.29, 1.82) is 0 Å². The number of fused-ring (bicyclic) bond motifs is 1. The molecule has 0 bridgehead atoms. The van der Waals surface area contributed by atoms with Gasteiger partial charge in [-0.05, 0) is 44.2 Å². The van der Waals surface area contributed by atoms with Gasteiger partial charge < -0.3 is 8.98 Å². The maximum Gasteiger partial charge on any atom is 0.127 e. The Bertz CT molecular complexity index is 749. The van der Waals surface area contributed by atoms with Crippen molar-refractivity contribution >= 4 is 38.6 Å². The Balaban J connectivity index is 2.09. The van der Waals surface area contributed by atoms with E-state index in [1.165, 1.54) is 0 Å². The number of hydrogen-bond acceptors (Lipinski definition) is 2. The highest BCUT2D eigenvalue weighted by Gasteiger charge is 2.20. The lowest BCUT2D eigenvalue weighted by molar-refractivity contribution is 0.447. The Hall–Kier alpha value is -1.26. The van der Waals surface area contributed by atoms with E-state index in [1.54, 1.807) is 6.26 Å². The summed E-state index contributed by atoms with van der Waals surface area (Å²) in [6.45, 7) is 4.11. The molecule has 0 aliphatic heterocycles. The molecule has 3 rings (SSSR count). The minimum absolute atomic E-state index is 0.143. The molecular weight excluding hydrogens is 352 g/mol. The monoisotopic (exact) mass is 366 g/mol. The van der Waals surface area contributed by atoms with Crippen LogP contribution in [0.5, 0.6) is 0 Å². The van der Waals surface area contributed by atoms with Crippen LogP contribution in [-0.2, 0) is 6.42 Å². The van der Waals surface area contributed by atoms with E-state index in [9.17, 15) is 0 Å². The summed E-state index contributed by atoms with van der Waals surface area (Å²) in [6, 6.07) is 10.2. The molecule has 0 aliphatic carbocycles. The van der Waals surface area contributed by atoms with Gasteiger partial charge in [-0.15, -0.1) is 11.6 Å². The number of hydrogen-bond donors (Lipinski definition) is 0. The first-order valence-corrected chi connectivity index (χ1v) is 8.13. The molecule has 110 valence electrons. The SMILES string of the molecule is CC(Cl)c1nc2ccc(Br)cc2n1C(C)Cc1ccco1. The van der Waals surface area contributed by atoms with Gasteiger partial charge in [0.05, 0.1) is 22.7 Å². The first kappa shape index (κ1) is 14.7. The molecule has 2 atom stereocenters. The second-order valence-corrected chi connectivity index (χ2v) is 6.79. The number of halogens is 2. The van der Waals surface area contributed by atoms with Crippen LogP contribution in [-0.4, -0.2) is 9.55 Å². The average molecular weight is 368 g/mol. The molecular formula is C16H16BrClN2O. The van der Waals surface area contributed by atoms with Crippen LogP contribution in [0.3, 0.4) is 0 Å². The second-order valence-electron chi connectivity index (χ2n) is 5.22. The van der Waals surface area contributed by atoms with Gasteiger partial charge >= 0.3 is 0 Å². The van der Waals surface area contributed by atoms with E-state index in [1.807, 2.05) is 31.2 Å². The lowest BCUT2D eigenvalue weighted by Gasteiger charge is -2.17. The molecule has 5 heteroatoms. The highest BCUT2D eigenvalue weighted by molar-refractivity contribution is 9.10. The van der Waals surface area contributed by atoms with Crippen LogP contribution in [0.4, 0.5) is 0 Å². The van der Waals surface area contributed by atoms with Gasteiger partial charge in [-0.25, -0.2) is 4.98 Å². The average Bonchev–Trinajstić information content (AvgIpc) is 3.04. The molecule has 0 spiro atoms. The highest BCUT2D eigenvalue weighted by Crippen LogP contribution is 2.31. The van der Waals surface area contributed by atoms with Crippen LogP contribution in [0.25, 0.3) is 11.0 Å². The van der Waals surface area contributed by atoms with Crippen molar-refractivity contribution in [2.24, 2.45) is 0 Å². The van der Waals surface area contributed by atoms with E-state index < -0.39 is 0 Å². The summed E-state index contributed by atoms with van der Waals surface area (Å²) >= 11 is 9.86. The predicted molar refractivity (Wildman–Crippen MR) is 88.8 cm³/mol. The summed E-state index contributed by atoms with van der Waals surface area (Å²) in [7, 11) is 0. The molecule has 1 aromatic carbocycles. The molecule has 2 heterocycles. The number of benzene rings is 1. The van der Waals surface area contributed by atoms with E-state index in [0.29, 0.717) is 0 Å². The molecule has 0 aliphatic rings. The number of alkyl halides is 1. The van der Waals surface area contributed by atoms with Crippen molar-refractivity contribution in [3.05, 3.63) is 52.7 Å². The van der Waals surface area contributed by atoms with Crippen molar-refractivity contribution < 1.29 is 4.42 Å². The Morgan fingerprint density at radius 1 is 1.33 bits per heavy atom. The van der Waals surface area contributed by atoms with Gasteiger partial charge in [-0.3, -0.25) is 0 Å². The Morgan fingerprint density at radius 3 is 2.81 bits per heavy atom. The van der Waals surface area contributed by atoms with Crippen molar-refractivity contribution in [2.45, 2.75) is 31.7 Å². The summed E-state index contributed by atoms with van der Waals surface area (Å²) < 4.78 is 8.71. The lowest BCUT2D eigenvalue weighted by atomic mass is 10.1. The van der Waals surface area contributed by atoms with Crippen LogP contribution < -0.4 is 0 Å². The van der Waals surface area contributed by atoms with Gasteiger partial charge in [-0.2, -0.15) is 0 Å². The molecule has 0 amide bonds. The summed E-state index contributed by atoms with van der Waals surface area (Å²) in [4.78, 5) is 4.68. The fourth-order valence-corrected chi connectivity index (χ4v) is 3.14. The fourth-order valence-electron chi connectivity index (χ4n) is 2.64. The Kier molecular flexibility index (Phi) is 4.09. The van der Waals surface area contributed by atoms with Crippen LogP contribution >= 0.6 is 27.5 Å². The molecule has 0 radical (unpaired) electrons. The minimum Gasteiger partial charge on any atom is -0.469 e.